The summed E-state index contributed by atoms with van der Waals surface area (Å²) in [6.07, 6.45) is 3.44. The van der Waals surface area contributed by atoms with Gasteiger partial charge in [-0.05, 0) is 30.4 Å². The monoisotopic (exact) mass is 357 g/mol. The maximum atomic E-state index is 12.8. The normalized spacial score (nSPS) is 21.6. The molecule has 3 N–H and O–H groups in total. The van der Waals surface area contributed by atoms with E-state index in [-0.39, 0.29) is 24.5 Å². The van der Waals surface area contributed by atoms with Gasteiger partial charge in [0.25, 0.3) is 0 Å². The first kappa shape index (κ1) is 18.6. The number of aromatic amines is 1. The second kappa shape index (κ2) is 8.01. The van der Waals surface area contributed by atoms with Crippen molar-refractivity contribution in [3.63, 3.8) is 0 Å². The van der Waals surface area contributed by atoms with E-state index in [9.17, 15) is 9.90 Å². The predicted molar refractivity (Wildman–Crippen MR) is 99.1 cm³/mol. The largest absolute Gasteiger partial charge is 0.392 e. The molecule has 0 saturated carbocycles. The van der Waals surface area contributed by atoms with Crippen molar-refractivity contribution in [1.82, 2.24) is 14.9 Å². The molecule has 2 heterocycles. The highest BCUT2D eigenvalue weighted by Crippen LogP contribution is 2.32. The lowest BCUT2D eigenvalue weighted by Crippen LogP contribution is -2.46. The second-order valence-electron chi connectivity index (χ2n) is 7.08. The number of aliphatic hydroxyl groups excluding tert-OH is 2. The van der Waals surface area contributed by atoms with Crippen molar-refractivity contribution in [3.8, 4) is 11.3 Å². The molecule has 1 aliphatic rings. The number of hydrogen-bond acceptors (Lipinski definition) is 4. The van der Waals surface area contributed by atoms with Crippen LogP contribution in [0.4, 0.5) is 0 Å². The summed E-state index contributed by atoms with van der Waals surface area (Å²) < 4.78 is 0. The Morgan fingerprint density at radius 3 is 2.73 bits per heavy atom. The Morgan fingerprint density at radius 1 is 1.35 bits per heavy atom. The fourth-order valence-electron chi connectivity index (χ4n) is 3.38. The molecule has 3 atom stereocenters. The Hall–Kier alpha value is -2.18. The van der Waals surface area contributed by atoms with Crippen LogP contribution >= 0.6 is 0 Å². The first-order valence-corrected chi connectivity index (χ1v) is 9.27. The van der Waals surface area contributed by atoms with Crippen molar-refractivity contribution in [2.24, 2.45) is 5.92 Å². The fraction of sp³-hybridized carbons (Fsp3) is 0.500. The summed E-state index contributed by atoms with van der Waals surface area (Å²) in [6, 6.07) is 7.51. The Morgan fingerprint density at radius 2 is 2.08 bits per heavy atom. The first-order valence-electron chi connectivity index (χ1n) is 9.27. The van der Waals surface area contributed by atoms with Gasteiger partial charge < -0.3 is 20.1 Å². The van der Waals surface area contributed by atoms with Gasteiger partial charge in [-0.25, -0.2) is 4.98 Å². The van der Waals surface area contributed by atoms with Crippen molar-refractivity contribution in [2.45, 2.75) is 51.9 Å². The summed E-state index contributed by atoms with van der Waals surface area (Å²) in [5, 5.41) is 19.2. The van der Waals surface area contributed by atoms with Crippen LogP contribution in [-0.4, -0.2) is 43.6 Å². The molecule has 6 nitrogen and oxygen atoms in total. The third-order valence-corrected chi connectivity index (χ3v) is 5.23. The number of amides is 1. The number of nitrogens with zero attached hydrogens (tertiary/aromatic N) is 2. The van der Waals surface area contributed by atoms with Crippen molar-refractivity contribution in [1.29, 1.82) is 0 Å². The highest BCUT2D eigenvalue weighted by molar-refractivity contribution is 5.79. The van der Waals surface area contributed by atoms with Crippen LogP contribution in [0.15, 0.2) is 30.5 Å². The summed E-state index contributed by atoms with van der Waals surface area (Å²) in [5.74, 6) is 0.763. The van der Waals surface area contributed by atoms with Gasteiger partial charge in [0, 0.05) is 12.5 Å². The second-order valence-corrected chi connectivity index (χ2v) is 7.08. The van der Waals surface area contributed by atoms with Crippen molar-refractivity contribution >= 4 is 5.91 Å². The molecule has 3 rings (SSSR count). The molecule has 1 fully saturated rings. The Balaban J connectivity index is 1.84. The van der Waals surface area contributed by atoms with E-state index in [1.807, 2.05) is 38.1 Å². The van der Waals surface area contributed by atoms with Crippen molar-refractivity contribution < 1.29 is 15.0 Å². The molecule has 140 valence electrons. The van der Waals surface area contributed by atoms with Gasteiger partial charge in [-0.2, -0.15) is 0 Å². The lowest BCUT2D eigenvalue weighted by atomic mass is 9.96. The number of β-amino-alcohol motifs (C(OH)–C–C–N with tert-alkyl or cyclic N) is 1. The first-order chi connectivity index (χ1) is 12.5. The molecule has 0 aliphatic carbocycles. The average Bonchev–Trinajstić information content (AvgIpc) is 3.16. The van der Waals surface area contributed by atoms with Gasteiger partial charge >= 0.3 is 0 Å². The number of carbonyl (C=O) groups excluding carboxylic acids is 1. The van der Waals surface area contributed by atoms with Crippen LogP contribution in [0.1, 0.15) is 50.5 Å². The van der Waals surface area contributed by atoms with Gasteiger partial charge in [0.15, 0.2) is 0 Å². The SMILES string of the molecule is CCC(C)C(=O)N1CC(O)CCC1c1ncc(-c2ccc(CO)cc2)[nH]1. The highest BCUT2D eigenvalue weighted by Gasteiger charge is 2.35. The standard InChI is InChI=1S/C20H27N3O3/c1-3-13(2)20(26)23-11-16(25)8-9-18(23)19-21-10-17(22-19)15-6-4-14(12-24)5-7-15/h4-7,10,13,16,18,24-25H,3,8-9,11-12H2,1-2H3,(H,21,22). The Kier molecular flexibility index (Phi) is 5.74. The summed E-state index contributed by atoms with van der Waals surface area (Å²) in [6.45, 7) is 4.30. The number of nitrogens with one attached hydrogen (secondary N) is 1. The number of hydrogen-bond donors (Lipinski definition) is 3. The van der Waals surface area contributed by atoms with Crippen LogP contribution in [0.5, 0.6) is 0 Å². The summed E-state index contributed by atoms with van der Waals surface area (Å²) in [5.41, 5.74) is 2.73. The third kappa shape index (κ3) is 3.81. The molecule has 3 unspecified atom stereocenters. The zero-order valence-corrected chi connectivity index (χ0v) is 15.4. The van der Waals surface area contributed by atoms with Gasteiger partial charge in [0.05, 0.1) is 30.6 Å². The van der Waals surface area contributed by atoms with Crippen LogP contribution in [0, 0.1) is 5.92 Å². The fourth-order valence-corrected chi connectivity index (χ4v) is 3.38. The smallest absolute Gasteiger partial charge is 0.226 e. The number of imidazole rings is 1. The molecule has 0 spiro atoms. The molecule has 2 aromatic rings. The van der Waals surface area contributed by atoms with Gasteiger partial charge in [-0.3, -0.25) is 4.79 Å². The average molecular weight is 357 g/mol. The van der Waals surface area contributed by atoms with E-state index in [0.717, 1.165) is 29.1 Å². The van der Waals surface area contributed by atoms with E-state index in [1.54, 1.807) is 11.1 Å². The Bertz CT molecular complexity index is 741. The molecule has 1 saturated heterocycles. The third-order valence-electron chi connectivity index (χ3n) is 5.23. The number of rotatable bonds is 5. The number of H-pyrrole nitrogens is 1. The lowest BCUT2D eigenvalue weighted by molar-refractivity contribution is -0.142. The minimum Gasteiger partial charge on any atom is -0.392 e. The molecule has 1 aromatic heterocycles. The predicted octanol–water partition coefficient (Wildman–Crippen LogP) is 2.64. The van der Waals surface area contributed by atoms with E-state index in [4.69, 9.17) is 5.11 Å². The molecular formula is C20H27N3O3. The molecule has 1 aliphatic heterocycles. The zero-order valence-electron chi connectivity index (χ0n) is 15.4. The van der Waals surface area contributed by atoms with Gasteiger partial charge in [0.2, 0.25) is 5.91 Å². The quantitative estimate of drug-likeness (QED) is 0.767. The maximum Gasteiger partial charge on any atom is 0.226 e. The number of benzene rings is 1. The molecule has 0 radical (unpaired) electrons. The molecule has 0 bridgehead atoms. The van der Waals surface area contributed by atoms with E-state index < -0.39 is 6.10 Å². The van der Waals surface area contributed by atoms with E-state index in [2.05, 4.69) is 9.97 Å². The maximum absolute atomic E-state index is 12.8. The van der Waals surface area contributed by atoms with E-state index in [1.165, 1.54) is 0 Å². The lowest BCUT2D eigenvalue weighted by Gasteiger charge is -2.38. The number of carbonyl (C=O) groups is 1. The van der Waals surface area contributed by atoms with E-state index >= 15 is 0 Å². The zero-order chi connectivity index (χ0) is 18.7. The highest BCUT2D eigenvalue weighted by atomic mass is 16.3. The van der Waals surface area contributed by atoms with Crippen LogP contribution in [0.3, 0.4) is 0 Å². The molecule has 26 heavy (non-hydrogen) atoms. The van der Waals surface area contributed by atoms with E-state index in [0.29, 0.717) is 19.4 Å². The number of piperidine rings is 1. The number of aliphatic hydroxyl groups is 2. The van der Waals surface area contributed by atoms with Gasteiger partial charge in [-0.1, -0.05) is 38.1 Å². The van der Waals surface area contributed by atoms with Crippen molar-refractivity contribution in [3.05, 3.63) is 41.9 Å². The minimum atomic E-state index is -0.472. The molecule has 1 amide bonds. The summed E-state index contributed by atoms with van der Waals surface area (Å²) >= 11 is 0. The van der Waals surface area contributed by atoms with Crippen LogP contribution in [-0.2, 0) is 11.4 Å². The minimum absolute atomic E-state index is 0.0194. The topological polar surface area (TPSA) is 89.5 Å². The number of aromatic nitrogens is 2. The van der Waals surface area contributed by atoms with Crippen molar-refractivity contribution in [2.75, 3.05) is 6.54 Å². The van der Waals surface area contributed by atoms with Crippen LogP contribution < -0.4 is 0 Å². The summed E-state index contributed by atoms with van der Waals surface area (Å²) in [7, 11) is 0. The van der Waals surface area contributed by atoms with Gasteiger partial charge in [-0.15, -0.1) is 0 Å². The van der Waals surface area contributed by atoms with Crippen LogP contribution in [0.25, 0.3) is 11.3 Å². The molecular weight excluding hydrogens is 330 g/mol. The Labute approximate surface area is 153 Å². The van der Waals surface area contributed by atoms with Gasteiger partial charge in [0.1, 0.15) is 5.82 Å². The molecule has 6 heteroatoms. The van der Waals surface area contributed by atoms with Crippen LogP contribution in [0.2, 0.25) is 0 Å². The number of likely N-dealkylation sites (tertiary alicyclic amines) is 1. The summed E-state index contributed by atoms with van der Waals surface area (Å²) in [4.78, 5) is 22.4. The molecule has 1 aromatic carbocycles.